The van der Waals surface area contributed by atoms with E-state index in [0.29, 0.717) is 0 Å². The fourth-order valence-corrected chi connectivity index (χ4v) is 3.71. The number of fused-ring (bicyclic) bond motifs is 1. The molecule has 0 aliphatic carbocycles. The van der Waals surface area contributed by atoms with Gasteiger partial charge in [-0.1, -0.05) is 12.1 Å². The molecule has 1 atom stereocenters. The van der Waals surface area contributed by atoms with Gasteiger partial charge in [-0.15, -0.1) is 11.3 Å². The lowest BCUT2D eigenvalue weighted by Gasteiger charge is -2.19. The number of hydrogen-bond donors (Lipinski definition) is 1. The number of rotatable bonds is 6. The van der Waals surface area contributed by atoms with Crippen molar-refractivity contribution in [3.63, 3.8) is 0 Å². The molecule has 3 heterocycles. The number of ether oxygens (including phenoxy) is 1. The number of nitrogens with one attached hydrogen (secondary N) is 1. The van der Waals surface area contributed by atoms with E-state index >= 15 is 0 Å². The van der Waals surface area contributed by atoms with Gasteiger partial charge in [-0.3, -0.25) is 9.20 Å². The van der Waals surface area contributed by atoms with Gasteiger partial charge in [0.1, 0.15) is 17.6 Å². The number of benzene rings is 1. The fraction of sp³-hybridized carbons (Fsp3) is 0.211. The largest absolute Gasteiger partial charge is 0.497 e. The van der Waals surface area contributed by atoms with Crippen LogP contribution >= 0.6 is 11.3 Å². The Balaban J connectivity index is 1.57. The lowest BCUT2D eigenvalue weighted by Crippen LogP contribution is -2.32. The summed E-state index contributed by atoms with van der Waals surface area (Å²) in [5, 5.41) is 5.06. The minimum absolute atomic E-state index is 0.107. The lowest BCUT2D eigenvalue weighted by molar-refractivity contribution is -0.121. The molecule has 7 nitrogen and oxygen atoms in total. The predicted octanol–water partition coefficient (Wildman–Crippen LogP) is 2.59. The second kappa shape index (κ2) is 7.24. The first kappa shape index (κ1) is 17.3. The Morgan fingerprint density at radius 2 is 2.11 bits per heavy atom. The van der Waals surface area contributed by atoms with E-state index in [2.05, 4.69) is 15.3 Å². The molecule has 8 heteroatoms. The van der Waals surface area contributed by atoms with E-state index in [1.54, 1.807) is 24.6 Å². The Morgan fingerprint density at radius 1 is 1.30 bits per heavy atom. The molecule has 27 heavy (non-hydrogen) atoms. The number of methoxy groups -OCH3 is 1. The molecule has 4 aromatic rings. The molecule has 138 valence electrons. The van der Waals surface area contributed by atoms with Gasteiger partial charge in [0, 0.05) is 37.2 Å². The highest BCUT2D eigenvalue weighted by atomic mass is 32.1. The van der Waals surface area contributed by atoms with Gasteiger partial charge >= 0.3 is 0 Å². The highest BCUT2D eigenvalue weighted by Crippen LogP contribution is 2.23. The Labute approximate surface area is 160 Å². The van der Waals surface area contributed by atoms with Crippen molar-refractivity contribution in [2.75, 3.05) is 7.11 Å². The number of imidazole rings is 2. The van der Waals surface area contributed by atoms with Gasteiger partial charge in [0.15, 0.2) is 4.96 Å². The molecule has 0 unspecified atom stereocenters. The number of amides is 1. The summed E-state index contributed by atoms with van der Waals surface area (Å²) in [6, 6.07) is 7.27. The van der Waals surface area contributed by atoms with Crippen LogP contribution in [-0.2, 0) is 18.3 Å². The molecule has 0 fully saturated rings. The van der Waals surface area contributed by atoms with E-state index in [4.69, 9.17) is 4.74 Å². The maximum absolute atomic E-state index is 12.7. The summed E-state index contributed by atoms with van der Waals surface area (Å²) in [6.45, 7) is 0. The number of aryl methyl sites for hydroxylation is 1. The normalized spacial score (nSPS) is 12.2. The van der Waals surface area contributed by atoms with Crippen molar-refractivity contribution in [3.8, 4) is 5.75 Å². The average molecular weight is 381 g/mol. The van der Waals surface area contributed by atoms with Crippen LogP contribution in [0.5, 0.6) is 5.75 Å². The molecule has 1 aromatic carbocycles. The van der Waals surface area contributed by atoms with Crippen LogP contribution in [0.2, 0.25) is 0 Å². The number of carbonyl (C=O) groups is 1. The summed E-state index contributed by atoms with van der Waals surface area (Å²) in [7, 11) is 3.54. The molecule has 0 saturated heterocycles. The second-order valence-corrected chi connectivity index (χ2v) is 7.04. The summed E-state index contributed by atoms with van der Waals surface area (Å²) < 4.78 is 9.05. The third kappa shape index (κ3) is 3.56. The van der Waals surface area contributed by atoms with Crippen LogP contribution in [-0.4, -0.2) is 32.0 Å². The van der Waals surface area contributed by atoms with Gasteiger partial charge in [0.25, 0.3) is 0 Å². The smallest absolute Gasteiger partial charge is 0.226 e. The Hall–Kier alpha value is -3.13. The maximum atomic E-state index is 12.7. The minimum Gasteiger partial charge on any atom is -0.497 e. The highest BCUT2D eigenvalue weighted by molar-refractivity contribution is 7.15. The standard InChI is InChI=1S/C19H19N5O2S/c1-23-8-7-20-18(23)17(13-3-5-15(26-2)6-4-13)22-16(25)11-14-12-24-9-10-27-19(24)21-14/h3-10,12,17H,11H2,1-2H3,(H,22,25)/t17-/m1/s1. The zero-order chi connectivity index (χ0) is 18.8. The van der Waals surface area contributed by atoms with Crippen molar-refractivity contribution in [1.82, 2.24) is 24.3 Å². The van der Waals surface area contributed by atoms with Crippen LogP contribution in [0, 0.1) is 0 Å². The van der Waals surface area contributed by atoms with Crippen molar-refractivity contribution >= 4 is 22.2 Å². The first-order chi connectivity index (χ1) is 13.1. The third-order valence-corrected chi connectivity index (χ3v) is 5.13. The van der Waals surface area contributed by atoms with Crippen LogP contribution < -0.4 is 10.1 Å². The topological polar surface area (TPSA) is 73.4 Å². The van der Waals surface area contributed by atoms with Crippen LogP contribution in [0.4, 0.5) is 0 Å². The highest BCUT2D eigenvalue weighted by Gasteiger charge is 2.21. The average Bonchev–Trinajstić information content (AvgIpc) is 3.36. The molecule has 0 spiro atoms. The quantitative estimate of drug-likeness (QED) is 0.557. The summed E-state index contributed by atoms with van der Waals surface area (Å²) in [6.07, 6.45) is 7.62. The van der Waals surface area contributed by atoms with E-state index in [0.717, 1.165) is 27.8 Å². The summed E-state index contributed by atoms with van der Waals surface area (Å²) in [5.41, 5.74) is 1.68. The first-order valence-electron chi connectivity index (χ1n) is 8.45. The van der Waals surface area contributed by atoms with Crippen LogP contribution in [0.15, 0.2) is 54.4 Å². The van der Waals surface area contributed by atoms with Crippen LogP contribution in [0.25, 0.3) is 4.96 Å². The zero-order valence-electron chi connectivity index (χ0n) is 15.0. The minimum atomic E-state index is -0.355. The van der Waals surface area contributed by atoms with Crippen molar-refractivity contribution in [2.45, 2.75) is 12.5 Å². The lowest BCUT2D eigenvalue weighted by atomic mass is 10.1. The second-order valence-electron chi connectivity index (χ2n) is 6.17. The molecule has 0 radical (unpaired) electrons. The van der Waals surface area contributed by atoms with Gasteiger partial charge in [0.2, 0.25) is 5.91 Å². The fourth-order valence-electron chi connectivity index (χ4n) is 2.99. The molecule has 0 saturated carbocycles. The zero-order valence-corrected chi connectivity index (χ0v) is 15.8. The molecule has 0 aliphatic heterocycles. The van der Waals surface area contributed by atoms with Crippen molar-refractivity contribution in [3.05, 3.63) is 71.5 Å². The monoisotopic (exact) mass is 381 g/mol. The van der Waals surface area contributed by atoms with Gasteiger partial charge in [-0.25, -0.2) is 9.97 Å². The molecule has 1 N–H and O–H groups in total. The first-order valence-corrected chi connectivity index (χ1v) is 9.33. The van der Waals surface area contributed by atoms with Gasteiger partial charge in [-0.05, 0) is 17.7 Å². The molecule has 0 aliphatic rings. The molecular formula is C19H19N5O2S. The summed E-state index contributed by atoms with van der Waals surface area (Å²) in [5.74, 6) is 1.42. The number of aromatic nitrogens is 4. The SMILES string of the molecule is COc1ccc([C@@H](NC(=O)Cc2cn3ccsc3n2)c2nccn2C)cc1. The molecule has 1 amide bonds. The number of nitrogens with zero attached hydrogens (tertiary/aromatic N) is 4. The molecule has 3 aromatic heterocycles. The number of carbonyl (C=O) groups excluding carboxylic acids is 1. The van der Waals surface area contributed by atoms with E-state index in [1.807, 2.05) is 64.3 Å². The maximum Gasteiger partial charge on any atom is 0.226 e. The Kier molecular flexibility index (Phi) is 4.64. The summed E-state index contributed by atoms with van der Waals surface area (Å²) >= 11 is 1.54. The molecule has 4 rings (SSSR count). The van der Waals surface area contributed by atoms with E-state index in [-0.39, 0.29) is 18.4 Å². The Morgan fingerprint density at radius 3 is 2.78 bits per heavy atom. The van der Waals surface area contributed by atoms with Crippen molar-refractivity contribution in [1.29, 1.82) is 0 Å². The molecule has 0 bridgehead atoms. The van der Waals surface area contributed by atoms with Crippen molar-refractivity contribution in [2.24, 2.45) is 7.05 Å². The van der Waals surface area contributed by atoms with E-state index in [1.165, 1.54) is 0 Å². The number of thiazole rings is 1. The summed E-state index contributed by atoms with van der Waals surface area (Å²) in [4.78, 5) is 22.5. The van der Waals surface area contributed by atoms with Gasteiger partial charge in [-0.2, -0.15) is 0 Å². The van der Waals surface area contributed by atoms with Crippen molar-refractivity contribution < 1.29 is 9.53 Å². The predicted molar refractivity (Wildman–Crippen MR) is 103 cm³/mol. The van der Waals surface area contributed by atoms with Gasteiger partial charge in [0.05, 0.1) is 19.2 Å². The van der Waals surface area contributed by atoms with E-state index < -0.39 is 0 Å². The van der Waals surface area contributed by atoms with Gasteiger partial charge < -0.3 is 14.6 Å². The molecular weight excluding hydrogens is 362 g/mol. The van der Waals surface area contributed by atoms with E-state index in [9.17, 15) is 4.79 Å². The third-order valence-electron chi connectivity index (χ3n) is 4.36. The van der Waals surface area contributed by atoms with Crippen LogP contribution in [0.1, 0.15) is 23.1 Å². The van der Waals surface area contributed by atoms with Crippen LogP contribution in [0.3, 0.4) is 0 Å². The number of hydrogen-bond acceptors (Lipinski definition) is 5. The Bertz CT molecular complexity index is 1030.